The summed E-state index contributed by atoms with van der Waals surface area (Å²) in [5, 5.41) is 41.7. The largest absolute Gasteiger partial charge is 0.393 e. The highest BCUT2D eigenvalue weighted by Gasteiger charge is 2.66. The third-order valence-electron chi connectivity index (χ3n) is 8.07. The van der Waals surface area contributed by atoms with Gasteiger partial charge in [0.05, 0.1) is 18.8 Å². The number of hydrogen-bond acceptors (Lipinski definition) is 6. The molecule has 0 aromatic heterocycles. The van der Waals surface area contributed by atoms with Gasteiger partial charge in [-0.15, -0.1) is 0 Å². The molecular weight excluding hydrogens is 348 g/mol. The van der Waals surface area contributed by atoms with Crippen LogP contribution in [0.15, 0.2) is 23.8 Å². The van der Waals surface area contributed by atoms with E-state index in [4.69, 9.17) is 0 Å². The number of ketones is 2. The lowest BCUT2D eigenvalue weighted by atomic mass is 9.43. The average Bonchev–Trinajstić information content (AvgIpc) is 2.62. The number of aliphatic hydroxyl groups excluding tert-OH is 3. The topological polar surface area (TPSA) is 115 Å². The number of Topliss-reactive ketones (excluding diaryl/α,β-unsaturated/α-hetero) is 1. The van der Waals surface area contributed by atoms with Gasteiger partial charge in [0.2, 0.25) is 0 Å². The summed E-state index contributed by atoms with van der Waals surface area (Å²) in [7, 11) is 0. The van der Waals surface area contributed by atoms with Crippen LogP contribution in [0, 0.1) is 28.6 Å². The van der Waals surface area contributed by atoms with Crippen molar-refractivity contribution < 1.29 is 30.0 Å². The smallest absolute Gasteiger partial charge is 0.178 e. The van der Waals surface area contributed by atoms with Crippen LogP contribution in [0.25, 0.3) is 0 Å². The number of rotatable bonds is 1. The standard InChI is InChI=1S/C21H28O6/c1-19-6-5-12(23)7-11(19)3-4-13-14-8-16(25)21(27,10-22)18(26)20(14,2)9-15(24)17(13)19/h5-7,13-17,22,24-25,27H,3-4,8-10H2,1-2H3/t13?,14?,15-,16?,17?,19?,20?,21+/m0/s1. The summed E-state index contributed by atoms with van der Waals surface area (Å²) in [5.74, 6) is -0.961. The molecule has 0 heterocycles. The molecule has 4 aliphatic carbocycles. The fraction of sp³-hybridized carbons (Fsp3) is 0.714. The highest BCUT2D eigenvalue weighted by Crippen LogP contribution is 2.63. The molecule has 4 rings (SSSR count). The molecule has 0 aromatic rings. The van der Waals surface area contributed by atoms with Gasteiger partial charge in [-0.1, -0.05) is 25.5 Å². The van der Waals surface area contributed by atoms with E-state index in [0.29, 0.717) is 6.42 Å². The molecule has 0 radical (unpaired) electrons. The first-order valence-corrected chi connectivity index (χ1v) is 9.76. The van der Waals surface area contributed by atoms with Gasteiger partial charge in [0.15, 0.2) is 17.2 Å². The lowest BCUT2D eigenvalue weighted by Crippen LogP contribution is -2.69. The van der Waals surface area contributed by atoms with E-state index >= 15 is 0 Å². The fourth-order valence-electron chi connectivity index (χ4n) is 6.63. The first-order valence-electron chi connectivity index (χ1n) is 9.76. The molecule has 0 amide bonds. The Bertz CT molecular complexity index is 756. The van der Waals surface area contributed by atoms with Gasteiger partial charge >= 0.3 is 0 Å². The van der Waals surface area contributed by atoms with Gasteiger partial charge in [0.1, 0.15) is 0 Å². The molecule has 6 nitrogen and oxygen atoms in total. The van der Waals surface area contributed by atoms with Crippen LogP contribution in [0.1, 0.15) is 39.5 Å². The van der Waals surface area contributed by atoms with Crippen molar-refractivity contribution in [3.05, 3.63) is 23.8 Å². The molecule has 148 valence electrons. The van der Waals surface area contributed by atoms with E-state index in [0.717, 1.165) is 12.0 Å². The van der Waals surface area contributed by atoms with Crippen LogP contribution >= 0.6 is 0 Å². The highest BCUT2D eigenvalue weighted by atomic mass is 16.4. The number of carbonyl (C=O) groups is 2. The third-order valence-corrected chi connectivity index (χ3v) is 8.07. The maximum Gasteiger partial charge on any atom is 0.178 e. The summed E-state index contributed by atoms with van der Waals surface area (Å²) in [6.45, 7) is 2.96. The van der Waals surface area contributed by atoms with Crippen molar-refractivity contribution >= 4 is 11.6 Å². The normalized spacial score (nSPS) is 51.9. The molecule has 4 N–H and O–H groups in total. The third kappa shape index (κ3) is 2.33. The Morgan fingerprint density at radius 2 is 1.93 bits per heavy atom. The molecule has 0 bridgehead atoms. The van der Waals surface area contributed by atoms with Crippen LogP contribution in [0.2, 0.25) is 0 Å². The Balaban J connectivity index is 1.76. The molecule has 8 atom stereocenters. The number of allylic oxidation sites excluding steroid dienone is 4. The molecule has 3 saturated carbocycles. The summed E-state index contributed by atoms with van der Waals surface area (Å²) < 4.78 is 0. The zero-order chi connectivity index (χ0) is 19.8. The van der Waals surface area contributed by atoms with E-state index in [9.17, 15) is 30.0 Å². The molecule has 3 fully saturated rings. The van der Waals surface area contributed by atoms with Crippen molar-refractivity contribution in [1.29, 1.82) is 0 Å². The van der Waals surface area contributed by atoms with Crippen LogP contribution in [0.4, 0.5) is 0 Å². The first-order chi connectivity index (χ1) is 12.6. The van der Waals surface area contributed by atoms with Crippen molar-refractivity contribution in [2.45, 2.75) is 57.3 Å². The molecule has 0 aromatic carbocycles. The Kier molecular flexibility index (Phi) is 4.10. The number of fused-ring (bicyclic) bond motifs is 5. The Hall–Kier alpha value is -1.34. The van der Waals surface area contributed by atoms with E-state index in [2.05, 4.69) is 0 Å². The minimum Gasteiger partial charge on any atom is -0.393 e. The maximum atomic E-state index is 13.1. The summed E-state index contributed by atoms with van der Waals surface area (Å²) in [4.78, 5) is 24.9. The van der Waals surface area contributed by atoms with Crippen LogP contribution < -0.4 is 0 Å². The molecule has 6 heteroatoms. The highest BCUT2D eigenvalue weighted by molar-refractivity contribution is 6.01. The average molecular weight is 376 g/mol. The SMILES string of the molecule is CC12C=CC(=O)C=C1CCC1C2[C@@H](O)CC2(C)C(=O)[C@@](O)(CO)C(O)CC12. The van der Waals surface area contributed by atoms with Crippen molar-refractivity contribution in [2.24, 2.45) is 28.6 Å². The molecular formula is C21H28O6. The fourth-order valence-corrected chi connectivity index (χ4v) is 6.63. The van der Waals surface area contributed by atoms with Crippen LogP contribution in [0.5, 0.6) is 0 Å². The second-order valence-electron chi connectivity index (χ2n) is 9.37. The second kappa shape index (κ2) is 5.83. The van der Waals surface area contributed by atoms with Gasteiger partial charge in [-0.2, -0.15) is 0 Å². The molecule has 4 aliphatic rings. The van der Waals surface area contributed by atoms with Crippen molar-refractivity contribution in [1.82, 2.24) is 0 Å². The quantitative estimate of drug-likeness (QED) is 0.531. The lowest BCUT2D eigenvalue weighted by Gasteiger charge is -2.62. The van der Waals surface area contributed by atoms with E-state index in [1.54, 1.807) is 19.1 Å². The summed E-state index contributed by atoms with van der Waals surface area (Å²) in [6, 6.07) is 0. The predicted octanol–water partition coefficient (Wildman–Crippen LogP) is 0.528. The number of hydrogen-bond donors (Lipinski definition) is 4. The summed E-state index contributed by atoms with van der Waals surface area (Å²) >= 11 is 0. The molecule has 0 saturated heterocycles. The van der Waals surface area contributed by atoms with E-state index < -0.39 is 41.0 Å². The minimum absolute atomic E-state index is 0.0133. The summed E-state index contributed by atoms with van der Waals surface area (Å²) in [6.07, 6.45) is 4.84. The van der Waals surface area contributed by atoms with Gasteiger partial charge in [-0.3, -0.25) is 9.59 Å². The van der Waals surface area contributed by atoms with Crippen molar-refractivity contribution in [3.63, 3.8) is 0 Å². The van der Waals surface area contributed by atoms with Crippen molar-refractivity contribution in [2.75, 3.05) is 6.61 Å². The molecule has 27 heavy (non-hydrogen) atoms. The minimum atomic E-state index is -2.17. The van der Waals surface area contributed by atoms with Crippen LogP contribution in [-0.4, -0.2) is 56.4 Å². The number of aliphatic hydroxyl groups is 4. The Morgan fingerprint density at radius 1 is 1.22 bits per heavy atom. The zero-order valence-corrected chi connectivity index (χ0v) is 15.8. The van der Waals surface area contributed by atoms with E-state index in [1.807, 2.05) is 13.0 Å². The molecule has 0 spiro atoms. The van der Waals surface area contributed by atoms with E-state index in [-0.39, 0.29) is 36.4 Å². The Morgan fingerprint density at radius 3 is 2.59 bits per heavy atom. The first kappa shape index (κ1) is 19.0. The van der Waals surface area contributed by atoms with Gasteiger partial charge in [0, 0.05) is 16.7 Å². The number of carbonyl (C=O) groups excluding carboxylic acids is 2. The van der Waals surface area contributed by atoms with Gasteiger partial charge in [-0.25, -0.2) is 0 Å². The van der Waals surface area contributed by atoms with Gasteiger partial charge < -0.3 is 20.4 Å². The maximum absolute atomic E-state index is 13.1. The molecule has 0 aliphatic heterocycles. The van der Waals surface area contributed by atoms with E-state index in [1.165, 1.54) is 0 Å². The van der Waals surface area contributed by atoms with Gasteiger partial charge in [0.25, 0.3) is 0 Å². The van der Waals surface area contributed by atoms with Gasteiger partial charge in [-0.05, 0) is 49.7 Å². The van der Waals surface area contributed by atoms with Crippen LogP contribution in [0.3, 0.4) is 0 Å². The van der Waals surface area contributed by atoms with Crippen molar-refractivity contribution in [3.8, 4) is 0 Å². The monoisotopic (exact) mass is 376 g/mol. The summed E-state index contributed by atoms with van der Waals surface area (Å²) in [5.41, 5.74) is -2.59. The molecule has 6 unspecified atom stereocenters. The van der Waals surface area contributed by atoms with Crippen LogP contribution in [-0.2, 0) is 9.59 Å². The zero-order valence-electron chi connectivity index (χ0n) is 15.8. The second-order valence-corrected chi connectivity index (χ2v) is 9.37. The Labute approximate surface area is 158 Å². The lowest BCUT2D eigenvalue weighted by molar-refractivity contribution is -0.209. The predicted molar refractivity (Wildman–Crippen MR) is 96.4 cm³/mol.